The Kier molecular flexibility index (Phi) is 6.25. The minimum Gasteiger partial charge on any atom is -0.316 e. The van der Waals surface area contributed by atoms with Gasteiger partial charge < -0.3 is 5.32 Å². The lowest BCUT2D eigenvalue weighted by Gasteiger charge is -2.35. The molecule has 0 aromatic carbocycles. The monoisotopic (exact) mass is 197 g/mol. The van der Waals surface area contributed by atoms with Gasteiger partial charge >= 0.3 is 0 Å². The normalized spacial score (nSPS) is 31.3. The Hall–Kier alpha value is -0.0400. The van der Waals surface area contributed by atoms with Crippen molar-refractivity contribution in [3.05, 3.63) is 0 Å². The van der Waals surface area contributed by atoms with Gasteiger partial charge in [0.1, 0.15) is 0 Å². The maximum atomic E-state index is 3.48. The van der Waals surface area contributed by atoms with Gasteiger partial charge in [-0.1, -0.05) is 46.0 Å². The van der Waals surface area contributed by atoms with Gasteiger partial charge in [0.2, 0.25) is 0 Å². The summed E-state index contributed by atoms with van der Waals surface area (Å²) in [6.45, 7) is 6.95. The van der Waals surface area contributed by atoms with Crippen LogP contribution in [0.3, 0.4) is 0 Å². The van der Waals surface area contributed by atoms with Crippen molar-refractivity contribution in [3.63, 3.8) is 0 Å². The van der Waals surface area contributed by atoms with Gasteiger partial charge in [-0.05, 0) is 37.8 Å². The van der Waals surface area contributed by atoms with E-state index in [0.717, 1.165) is 11.8 Å². The van der Waals surface area contributed by atoms with Gasteiger partial charge in [0.25, 0.3) is 0 Å². The van der Waals surface area contributed by atoms with Crippen LogP contribution in [-0.2, 0) is 0 Å². The predicted molar refractivity (Wildman–Crippen MR) is 63.5 cm³/mol. The molecule has 84 valence electrons. The Labute approximate surface area is 89.7 Å². The van der Waals surface area contributed by atoms with E-state index in [9.17, 15) is 0 Å². The fraction of sp³-hybridized carbons (Fsp3) is 1.00. The molecule has 2 atom stereocenters. The van der Waals surface area contributed by atoms with Crippen LogP contribution in [0.1, 0.15) is 58.8 Å². The molecule has 1 saturated carbocycles. The lowest BCUT2D eigenvalue weighted by atomic mass is 9.76. The Balaban J connectivity index is 0.000000213. The SMILES string of the molecule is C1CC[C@@H]2CNCC[C@@H]2C1.CCCC. The van der Waals surface area contributed by atoms with Crippen LogP contribution >= 0.6 is 0 Å². The lowest BCUT2D eigenvalue weighted by Crippen LogP contribution is -2.38. The summed E-state index contributed by atoms with van der Waals surface area (Å²) in [5.41, 5.74) is 0. The highest BCUT2D eigenvalue weighted by Crippen LogP contribution is 2.33. The number of fused-ring (bicyclic) bond motifs is 1. The Morgan fingerprint density at radius 2 is 1.57 bits per heavy atom. The predicted octanol–water partition coefficient (Wildman–Crippen LogP) is 3.59. The maximum Gasteiger partial charge on any atom is -0.00179 e. The van der Waals surface area contributed by atoms with E-state index in [1.54, 1.807) is 0 Å². The second kappa shape index (κ2) is 7.28. The first-order valence-corrected chi connectivity index (χ1v) is 6.59. The molecule has 0 bridgehead atoms. The number of hydrogen-bond donors (Lipinski definition) is 1. The van der Waals surface area contributed by atoms with E-state index in [1.165, 1.54) is 58.0 Å². The minimum atomic E-state index is 1.04. The van der Waals surface area contributed by atoms with Crippen molar-refractivity contribution in [2.45, 2.75) is 58.8 Å². The average molecular weight is 197 g/mol. The molecule has 14 heavy (non-hydrogen) atoms. The zero-order valence-electron chi connectivity index (χ0n) is 10.0. The van der Waals surface area contributed by atoms with Crippen molar-refractivity contribution < 1.29 is 0 Å². The summed E-state index contributed by atoms with van der Waals surface area (Å²) < 4.78 is 0. The largest absolute Gasteiger partial charge is 0.316 e. The molecule has 1 saturated heterocycles. The Morgan fingerprint density at radius 1 is 0.929 bits per heavy atom. The quantitative estimate of drug-likeness (QED) is 0.677. The van der Waals surface area contributed by atoms with Crippen LogP contribution in [0.4, 0.5) is 0 Å². The molecule has 0 amide bonds. The van der Waals surface area contributed by atoms with E-state index >= 15 is 0 Å². The van der Waals surface area contributed by atoms with Crippen LogP contribution in [0, 0.1) is 11.8 Å². The number of nitrogens with one attached hydrogen (secondary N) is 1. The van der Waals surface area contributed by atoms with Gasteiger partial charge in [-0.25, -0.2) is 0 Å². The molecule has 2 rings (SSSR count). The Morgan fingerprint density at radius 3 is 2.14 bits per heavy atom. The second-order valence-corrected chi connectivity index (χ2v) is 4.80. The van der Waals surface area contributed by atoms with Crippen molar-refractivity contribution in [1.29, 1.82) is 0 Å². The second-order valence-electron chi connectivity index (χ2n) is 4.80. The molecule has 0 spiro atoms. The van der Waals surface area contributed by atoms with E-state index in [2.05, 4.69) is 19.2 Å². The minimum absolute atomic E-state index is 1.04. The van der Waals surface area contributed by atoms with Crippen LogP contribution in [0.15, 0.2) is 0 Å². The van der Waals surface area contributed by atoms with Crippen molar-refractivity contribution >= 4 is 0 Å². The first-order valence-electron chi connectivity index (χ1n) is 6.59. The number of rotatable bonds is 1. The van der Waals surface area contributed by atoms with Gasteiger partial charge in [0, 0.05) is 0 Å². The van der Waals surface area contributed by atoms with E-state index in [-0.39, 0.29) is 0 Å². The molecule has 0 aromatic heterocycles. The smallest absolute Gasteiger partial charge is 0.00179 e. The van der Waals surface area contributed by atoms with E-state index in [1.807, 2.05) is 0 Å². The molecule has 1 heteroatoms. The molecule has 1 aliphatic heterocycles. The topological polar surface area (TPSA) is 12.0 Å². The fourth-order valence-corrected chi connectivity index (χ4v) is 2.51. The molecular weight excluding hydrogens is 170 g/mol. The summed E-state index contributed by atoms with van der Waals surface area (Å²) in [7, 11) is 0. The van der Waals surface area contributed by atoms with Crippen LogP contribution in [0.25, 0.3) is 0 Å². The molecule has 0 aromatic rings. The van der Waals surface area contributed by atoms with E-state index in [4.69, 9.17) is 0 Å². The molecule has 1 nitrogen and oxygen atoms in total. The molecule has 2 fully saturated rings. The summed E-state index contributed by atoms with van der Waals surface area (Å²) in [6, 6.07) is 0. The lowest BCUT2D eigenvalue weighted by molar-refractivity contribution is 0.185. The third-order valence-electron chi connectivity index (χ3n) is 3.66. The maximum absolute atomic E-state index is 3.48. The molecular formula is C13H27N. The number of hydrogen-bond acceptors (Lipinski definition) is 1. The van der Waals surface area contributed by atoms with Crippen LogP contribution in [0.5, 0.6) is 0 Å². The standard InChI is InChI=1S/C9H17N.C4H10/c1-2-4-9-7-10-6-5-8(9)3-1;1-3-4-2/h8-10H,1-7H2;3-4H2,1-2H3/t8-,9+;/m0./s1. The van der Waals surface area contributed by atoms with Crippen molar-refractivity contribution in [2.24, 2.45) is 11.8 Å². The van der Waals surface area contributed by atoms with E-state index in [0.29, 0.717) is 0 Å². The summed E-state index contributed by atoms with van der Waals surface area (Å²) in [5.74, 6) is 2.14. The molecule has 2 aliphatic rings. The highest BCUT2D eigenvalue weighted by Gasteiger charge is 2.26. The van der Waals surface area contributed by atoms with Crippen molar-refractivity contribution in [1.82, 2.24) is 5.32 Å². The zero-order valence-corrected chi connectivity index (χ0v) is 10.0. The summed E-state index contributed by atoms with van der Waals surface area (Å²) in [5, 5.41) is 3.48. The molecule has 0 radical (unpaired) electrons. The van der Waals surface area contributed by atoms with Gasteiger partial charge in [-0.15, -0.1) is 0 Å². The highest BCUT2D eigenvalue weighted by molar-refractivity contribution is 4.81. The summed E-state index contributed by atoms with van der Waals surface area (Å²) in [6.07, 6.45) is 10.1. The van der Waals surface area contributed by atoms with Gasteiger partial charge in [-0.3, -0.25) is 0 Å². The van der Waals surface area contributed by atoms with Gasteiger partial charge in [-0.2, -0.15) is 0 Å². The Bertz CT molecular complexity index is 105. The first-order chi connectivity index (χ1) is 6.88. The van der Waals surface area contributed by atoms with Crippen LogP contribution in [-0.4, -0.2) is 13.1 Å². The first kappa shape index (κ1) is 12.0. The van der Waals surface area contributed by atoms with Crippen LogP contribution < -0.4 is 5.32 Å². The van der Waals surface area contributed by atoms with Gasteiger partial charge in [0.15, 0.2) is 0 Å². The average Bonchev–Trinajstić information content (AvgIpc) is 2.30. The van der Waals surface area contributed by atoms with Crippen LogP contribution in [0.2, 0.25) is 0 Å². The number of unbranched alkanes of at least 4 members (excludes halogenated alkanes) is 1. The highest BCUT2D eigenvalue weighted by atomic mass is 14.9. The molecule has 1 heterocycles. The third-order valence-corrected chi connectivity index (χ3v) is 3.66. The van der Waals surface area contributed by atoms with E-state index < -0.39 is 0 Å². The van der Waals surface area contributed by atoms with Gasteiger partial charge in [0.05, 0.1) is 0 Å². The molecule has 0 unspecified atom stereocenters. The zero-order chi connectivity index (χ0) is 10.2. The summed E-state index contributed by atoms with van der Waals surface area (Å²) in [4.78, 5) is 0. The fourth-order valence-electron chi connectivity index (χ4n) is 2.51. The summed E-state index contributed by atoms with van der Waals surface area (Å²) >= 11 is 0. The van der Waals surface area contributed by atoms with Crippen molar-refractivity contribution in [2.75, 3.05) is 13.1 Å². The number of piperidine rings is 1. The molecule has 1 N–H and O–H groups in total. The third kappa shape index (κ3) is 4.00. The van der Waals surface area contributed by atoms with Crippen molar-refractivity contribution in [3.8, 4) is 0 Å². The molecule has 1 aliphatic carbocycles.